The van der Waals surface area contributed by atoms with E-state index in [0.29, 0.717) is 17.1 Å². The molecule has 4 aliphatic rings. The van der Waals surface area contributed by atoms with Gasteiger partial charge < -0.3 is 9.47 Å². The molecule has 4 aliphatic carbocycles. The van der Waals surface area contributed by atoms with Crippen LogP contribution in [-0.4, -0.2) is 12.5 Å². The van der Waals surface area contributed by atoms with Gasteiger partial charge in [-0.15, -0.1) is 13.2 Å². The van der Waals surface area contributed by atoms with Gasteiger partial charge in [-0.05, 0) is 105 Å². The van der Waals surface area contributed by atoms with E-state index in [4.69, 9.17) is 4.74 Å². The van der Waals surface area contributed by atoms with E-state index in [2.05, 4.69) is 18.6 Å². The van der Waals surface area contributed by atoms with Crippen molar-refractivity contribution in [2.75, 3.05) is 0 Å². The van der Waals surface area contributed by atoms with E-state index in [9.17, 15) is 13.2 Å². The van der Waals surface area contributed by atoms with Crippen LogP contribution in [0.4, 0.5) is 13.2 Å². The van der Waals surface area contributed by atoms with Gasteiger partial charge >= 0.3 is 6.36 Å². The summed E-state index contributed by atoms with van der Waals surface area (Å²) in [4.78, 5) is 0. The summed E-state index contributed by atoms with van der Waals surface area (Å²) in [5.41, 5.74) is 0.704. The summed E-state index contributed by atoms with van der Waals surface area (Å²) >= 11 is 0. The lowest BCUT2D eigenvalue weighted by molar-refractivity contribution is -0.274. The fraction of sp³-hybridized carbons (Fsp3) is 0.769. The average Bonchev–Trinajstić information content (AvgIpc) is 3.04. The third-order valence-corrected chi connectivity index (χ3v) is 9.83. The van der Waals surface area contributed by atoms with Crippen LogP contribution in [0.25, 0.3) is 0 Å². The zero-order valence-corrected chi connectivity index (χ0v) is 18.7. The number of ether oxygens (including phenoxy) is 2. The molecule has 5 heteroatoms. The van der Waals surface area contributed by atoms with Crippen LogP contribution in [0.15, 0.2) is 24.3 Å². The zero-order valence-electron chi connectivity index (χ0n) is 18.7. The van der Waals surface area contributed by atoms with Gasteiger partial charge in [0.25, 0.3) is 0 Å². The number of rotatable bonds is 3. The summed E-state index contributed by atoms with van der Waals surface area (Å²) < 4.78 is 47.7. The minimum absolute atomic E-state index is 0.143. The molecule has 0 heterocycles. The van der Waals surface area contributed by atoms with Crippen molar-refractivity contribution in [2.24, 2.45) is 34.5 Å². The SMILES string of the molecule is C[C@]12CCCCC1CC[C@@H]1[C@H]2CC[C@]2(C)C(Oc3ccc(OC(F)(F)F)cc3)CC[C@@H]12. The van der Waals surface area contributed by atoms with Gasteiger partial charge in [0, 0.05) is 5.41 Å². The summed E-state index contributed by atoms with van der Waals surface area (Å²) in [5, 5.41) is 0. The number of alkyl halides is 3. The van der Waals surface area contributed by atoms with E-state index in [1.165, 1.54) is 69.9 Å². The number of hydrogen-bond acceptors (Lipinski definition) is 2. The van der Waals surface area contributed by atoms with Crippen molar-refractivity contribution in [2.45, 2.75) is 90.5 Å². The Hall–Kier alpha value is -1.39. The first-order chi connectivity index (χ1) is 14.7. The minimum atomic E-state index is -4.67. The Kier molecular flexibility index (Phi) is 5.25. The van der Waals surface area contributed by atoms with Gasteiger partial charge in [-0.3, -0.25) is 0 Å². The molecule has 0 spiro atoms. The van der Waals surface area contributed by atoms with E-state index >= 15 is 0 Å². The topological polar surface area (TPSA) is 18.5 Å². The molecule has 31 heavy (non-hydrogen) atoms. The maximum atomic E-state index is 12.4. The first-order valence-electron chi connectivity index (χ1n) is 12.2. The molecule has 1 aromatic carbocycles. The molecule has 0 saturated heterocycles. The van der Waals surface area contributed by atoms with Crippen molar-refractivity contribution in [1.29, 1.82) is 0 Å². The van der Waals surface area contributed by atoms with Crippen molar-refractivity contribution >= 4 is 0 Å². The number of halogens is 3. The Morgan fingerprint density at radius 3 is 2.23 bits per heavy atom. The summed E-state index contributed by atoms with van der Waals surface area (Å²) in [7, 11) is 0. The fourth-order valence-corrected chi connectivity index (χ4v) is 8.32. The highest BCUT2D eigenvalue weighted by Crippen LogP contribution is 2.66. The van der Waals surface area contributed by atoms with Gasteiger partial charge in [-0.2, -0.15) is 0 Å². The summed E-state index contributed by atoms with van der Waals surface area (Å²) in [5.74, 6) is 3.76. The molecular weight excluding hydrogens is 401 g/mol. The van der Waals surface area contributed by atoms with Crippen molar-refractivity contribution in [1.82, 2.24) is 0 Å². The van der Waals surface area contributed by atoms with Gasteiger partial charge in [0.15, 0.2) is 0 Å². The second-order valence-electron chi connectivity index (χ2n) is 11.2. The summed E-state index contributed by atoms with van der Waals surface area (Å²) in [6, 6.07) is 5.91. The molecule has 0 amide bonds. The normalized spacial score (nSPS) is 42.3. The Bertz CT molecular complexity index is 791. The predicted octanol–water partition coefficient (Wildman–Crippen LogP) is 7.77. The van der Waals surface area contributed by atoms with Crippen molar-refractivity contribution in [3.63, 3.8) is 0 Å². The third kappa shape index (κ3) is 3.74. The molecule has 5 rings (SSSR count). The van der Waals surface area contributed by atoms with Crippen LogP contribution in [0.5, 0.6) is 11.5 Å². The first-order valence-corrected chi connectivity index (χ1v) is 12.2. The van der Waals surface area contributed by atoms with Gasteiger partial charge in [-0.25, -0.2) is 0 Å². The Balaban J connectivity index is 1.29. The molecule has 172 valence electrons. The maximum absolute atomic E-state index is 12.4. The van der Waals surface area contributed by atoms with Gasteiger partial charge in [-0.1, -0.05) is 26.7 Å². The summed E-state index contributed by atoms with van der Waals surface area (Å²) in [6.45, 7) is 5.02. The molecule has 4 saturated carbocycles. The molecule has 0 radical (unpaired) electrons. The van der Waals surface area contributed by atoms with E-state index in [1.54, 1.807) is 12.1 Å². The van der Waals surface area contributed by atoms with E-state index in [-0.39, 0.29) is 17.3 Å². The second kappa shape index (κ2) is 7.59. The molecule has 0 N–H and O–H groups in total. The second-order valence-corrected chi connectivity index (χ2v) is 11.2. The highest BCUT2D eigenvalue weighted by molar-refractivity contribution is 5.32. The largest absolute Gasteiger partial charge is 0.573 e. The lowest BCUT2D eigenvalue weighted by Gasteiger charge is -2.60. The van der Waals surface area contributed by atoms with Gasteiger partial charge in [0.1, 0.15) is 17.6 Å². The van der Waals surface area contributed by atoms with E-state index < -0.39 is 6.36 Å². The number of fused-ring (bicyclic) bond motifs is 5. The lowest BCUT2D eigenvalue weighted by atomic mass is 9.45. The van der Waals surface area contributed by atoms with Crippen LogP contribution in [-0.2, 0) is 0 Å². The highest BCUT2D eigenvalue weighted by atomic mass is 19.4. The fourth-order valence-electron chi connectivity index (χ4n) is 8.32. The molecule has 0 bridgehead atoms. The first kappa shape index (κ1) is 21.5. The van der Waals surface area contributed by atoms with Crippen LogP contribution in [0.2, 0.25) is 0 Å². The minimum Gasteiger partial charge on any atom is -0.490 e. The highest BCUT2D eigenvalue weighted by Gasteiger charge is 2.60. The Morgan fingerprint density at radius 1 is 0.774 bits per heavy atom. The molecule has 0 aliphatic heterocycles. The Morgan fingerprint density at radius 2 is 1.48 bits per heavy atom. The van der Waals surface area contributed by atoms with Crippen LogP contribution in [0, 0.1) is 34.5 Å². The van der Waals surface area contributed by atoms with E-state index in [1.807, 2.05) is 0 Å². The average molecular weight is 437 g/mol. The molecule has 0 aromatic heterocycles. The van der Waals surface area contributed by atoms with Crippen molar-refractivity contribution in [3.8, 4) is 11.5 Å². The number of benzene rings is 1. The molecular formula is C26H35F3O2. The van der Waals surface area contributed by atoms with Crippen LogP contribution in [0.1, 0.15) is 78.1 Å². The quantitative estimate of drug-likeness (QED) is 0.482. The van der Waals surface area contributed by atoms with Crippen LogP contribution < -0.4 is 9.47 Å². The molecule has 2 nitrogen and oxygen atoms in total. The smallest absolute Gasteiger partial charge is 0.490 e. The maximum Gasteiger partial charge on any atom is 0.573 e. The van der Waals surface area contributed by atoms with Crippen molar-refractivity contribution < 1.29 is 22.6 Å². The lowest BCUT2D eigenvalue weighted by Crippen LogP contribution is -2.53. The molecule has 4 fully saturated rings. The zero-order chi connectivity index (χ0) is 21.9. The van der Waals surface area contributed by atoms with Crippen LogP contribution >= 0.6 is 0 Å². The molecule has 1 aromatic rings. The predicted molar refractivity (Wildman–Crippen MR) is 114 cm³/mol. The van der Waals surface area contributed by atoms with E-state index in [0.717, 1.165) is 24.2 Å². The standard InChI is InChI=1S/C26H35F3O2/c1-24-15-4-3-5-17(24)6-11-20-21-12-13-23(25(21,2)16-14-22(20)24)30-18-7-9-19(10-8-18)31-26(27,28)29/h7-10,17,20-23H,3-6,11-16H2,1-2H3/t17?,20-,21-,22+,23?,24-,25-/m0/s1. The number of hydrogen-bond donors (Lipinski definition) is 0. The molecule has 2 unspecified atom stereocenters. The third-order valence-electron chi connectivity index (χ3n) is 9.83. The van der Waals surface area contributed by atoms with Gasteiger partial charge in [0.2, 0.25) is 0 Å². The van der Waals surface area contributed by atoms with Crippen molar-refractivity contribution in [3.05, 3.63) is 24.3 Å². The monoisotopic (exact) mass is 436 g/mol. The van der Waals surface area contributed by atoms with Crippen LogP contribution in [0.3, 0.4) is 0 Å². The van der Waals surface area contributed by atoms with Gasteiger partial charge in [0.05, 0.1) is 0 Å². The summed E-state index contributed by atoms with van der Waals surface area (Å²) in [6.07, 6.45) is 8.70. The Labute approximate surface area is 183 Å². The molecule has 7 atom stereocenters.